The summed E-state index contributed by atoms with van der Waals surface area (Å²) in [6, 6.07) is 0. The van der Waals surface area contributed by atoms with Crippen molar-refractivity contribution in [2.24, 2.45) is 5.41 Å². The zero-order valence-electron chi connectivity index (χ0n) is 10.5. The average Bonchev–Trinajstić information content (AvgIpc) is 2.66. The summed E-state index contributed by atoms with van der Waals surface area (Å²) in [5, 5.41) is 0. The molecule has 0 radical (unpaired) electrons. The second kappa shape index (κ2) is 3.59. The van der Waals surface area contributed by atoms with Crippen molar-refractivity contribution >= 4 is 5.97 Å². The zero-order chi connectivity index (χ0) is 12.0. The zero-order valence-corrected chi connectivity index (χ0v) is 10.5. The minimum atomic E-state index is -0.403. The number of carbonyl (C=O) groups is 1. The van der Waals surface area contributed by atoms with Gasteiger partial charge in [0.1, 0.15) is 5.54 Å². The SMILES string of the molecule is C=CC[C@]12CCCN1[C@H](C(C)(C)C)OC2=O. The molecule has 0 saturated carbocycles. The van der Waals surface area contributed by atoms with Gasteiger partial charge in [-0.1, -0.05) is 26.8 Å². The molecule has 3 heteroatoms. The normalized spacial score (nSPS) is 34.9. The van der Waals surface area contributed by atoms with Crippen LogP contribution in [0, 0.1) is 5.41 Å². The molecule has 0 spiro atoms. The lowest BCUT2D eigenvalue weighted by atomic mass is 9.90. The van der Waals surface area contributed by atoms with Crippen LogP contribution in [0.5, 0.6) is 0 Å². The van der Waals surface area contributed by atoms with Crippen LogP contribution in [0.15, 0.2) is 12.7 Å². The third kappa shape index (κ3) is 1.49. The third-order valence-electron chi connectivity index (χ3n) is 3.64. The standard InChI is InChI=1S/C13H21NO2/c1-5-7-13-8-6-9-14(13)10(12(2,3)4)16-11(13)15/h5,10H,1,6-9H2,2-4H3/t10-,13+/m0/s1. The van der Waals surface area contributed by atoms with E-state index in [2.05, 4.69) is 32.3 Å². The first-order valence-corrected chi connectivity index (χ1v) is 6.00. The van der Waals surface area contributed by atoms with Gasteiger partial charge in [-0.3, -0.25) is 4.90 Å². The summed E-state index contributed by atoms with van der Waals surface area (Å²) in [6.07, 6.45) is 4.45. The lowest BCUT2D eigenvalue weighted by Gasteiger charge is -2.35. The van der Waals surface area contributed by atoms with Crippen LogP contribution in [-0.4, -0.2) is 29.2 Å². The Morgan fingerprint density at radius 1 is 1.62 bits per heavy atom. The Balaban J connectivity index is 2.32. The fourth-order valence-electron chi connectivity index (χ4n) is 2.92. The Hall–Kier alpha value is -0.830. The first-order chi connectivity index (χ1) is 7.42. The maximum Gasteiger partial charge on any atom is 0.328 e. The van der Waals surface area contributed by atoms with E-state index in [9.17, 15) is 4.79 Å². The molecule has 2 saturated heterocycles. The molecule has 0 aliphatic carbocycles. The van der Waals surface area contributed by atoms with Crippen molar-refractivity contribution in [3.8, 4) is 0 Å². The van der Waals surface area contributed by atoms with Gasteiger partial charge in [0.05, 0.1) is 0 Å². The summed E-state index contributed by atoms with van der Waals surface area (Å²) >= 11 is 0. The molecule has 0 unspecified atom stereocenters. The molecule has 0 amide bonds. The van der Waals surface area contributed by atoms with Crippen molar-refractivity contribution in [1.82, 2.24) is 4.90 Å². The third-order valence-corrected chi connectivity index (χ3v) is 3.64. The van der Waals surface area contributed by atoms with Gasteiger partial charge in [-0.25, -0.2) is 4.79 Å². The Morgan fingerprint density at radius 2 is 2.31 bits per heavy atom. The minimum Gasteiger partial charge on any atom is -0.444 e. The van der Waals surface area contributed by atoms with Gasteiger partial charge in [-0.2, -0.15) is 0 Å². The molecule has 0 bridgehead atoms. The Kier molecular flexibility index (Phi) is 2.61. The van der Waals surface area contributed by atoms with E-state index < -0.39 is 5.54 Å². The van der Waals surface area contributed by atoms with Gasteiger partial charge in [0, 0.05) is 12.0 Å². The Labute approximate surface area is 97.5 Å². The lowest BCUT2D eigenvalue weighted by molar-refractivity contribution is -0.149. The highest BCUT2D eigenvalue weighted by Crippen LogP contribution is 2.45. The fourth-order valence-corrected chi connectivity index (χ4v) is 2.92. The van der Waals surface area contributed by atoms with Gasteiger partial charge in [0.2, 0.25) is 0 Å². The molecule has 0 aromatic carbocycles. The highest BCUT2D eigenvalue weighted by molar-refractivity contribution is 5.83. The predicted molar refractivity (Wildman–Crippen MR) is 62.8 cm³/mol. The average molecular weight is 223 g/mol. The van der Waals surface area contributed by atoms with Gasteiger partial charge in [-0.05, 0) is 19.3 Å². The molecule has 3 nitrogen and oxygen atoms in total. The van der Waals surface area contributed by atoms with Crippen LogP contribution in [0.4, 0.5) is 0 Å². The molecule has 90 valence electrons. The van der Waals surface area contributed by atoms with Crippen LogP contribution in [0.25, 0.3) is 0 Å². The van der Waals surface area contributed by atoms with Crippen LogP contribution in [0.2, 0.25) is 0 Å². The first kappa shape index (κ1) is 11.6. The topological polar surface area (TPSA) is 29.5 Å². The molecule has 2 atom stereocenters. The van der Waals surface area contributed by atoms with Gasteiger partial charge >= 0.3 is 5.97 Å². The summed E-state index contributed by atoms with van der Waals surface area (Å²) in [6.45, 7) is 11.1. The quantitative estimate of drug-likeness (QED) is 0.531. The van der Waals surface area contributed by atoms with Crippen molar-refractivity contribution < 1.29 is 9.53 Å². The number of fused-ring (bicyclic) bond motifs is 1. The molecular formula is C13H21NO2. The Morgan fingerprint density at radius 3 is 2.88 bits per heavy atom. The second-order valence-corrected chi connectivity index (χ2v) is 5.95. The van der Waals surface area contributed by atoms with Crippen molar-refractivity contribution in [1.29, 1.82) is 0 Å². The molecule has 2 rings (SSSR count). The molecule has 2 aliphatic rings. The van der Waals surface area contributed by atoms with E-state index in [4.69, 9.17) is 4.74 Å². The highest BCUT2D eigenvalue weighted by atomic mass is 16.6. The van der Waals surface area contributed by atoms with Crippen LogP contribution >= 0.6 is 0 Å². The van der Waals surface area contributed by atoms with E-state index in [0.29, 0.717) is 6.42 Å². The molecule has 2 heterocycles. The van der Waals surface area contributed by atoms with Crippen LogP contribution < -0.4 is 0 Å². The van der Waals surface area contributed by atoms with Gasteiger partial charge in [-0.15, -0.1) is 6.58 Å². The van der Waals surface area contributed by atoms with Gasteiger partial charge < -0.3 is 4.74 Å². The number of ether oxygens (including phenoxy) is 1. The molecule has 2 fully saturated rings. The maximum atomic E-state index is 12.1. The minimum absolute atomic E-state index is 0.0249. The predicted octanol–water partition coefficient (Wildman–Crippen LogP) is 2.33. The van der Waals surface area contributed by atoms with Crippen molar-refractivity contribution in [3.63, 3.8) is 0 Å². The number of esters is 1. The van der Waals surface area contributed by atoms with E-state index in [1.54, 1.807) is 0 Å². The lowest BCUT2D eigenvalue weighted by Crippen LogP contribution is -2.48. The molecule has 0 aromatic heterocycles. The van der Waals surface area contributed by atoms with Gasteiger partial charge in [0.25, 0.3) is 0 Å². The Bertz CT molecular complexity index is 318. The van der Waals surface area contributed by atoms with E-state index in [1.165, 1.54) is 0 Å². The van der Waals surface area contributed by atoms with Crippen molar-refractivity contribution in [3.05, 3.63) is 12.7 Å². The summed E-state index contributed by atoms with van der Waals surface area (Å²) < 4.78 is 5.59. The van der Waals surface area contributed by atoms with E-state index >= 15 is 0 Å². The largest absolute Gasteiger partial charge is 0.444 e. The molecule has 2 aliphatic heterocycles. The smallest absolute Gasteiger partial charge is 0.328 e. The monoisotopic (exact) mass is 223 g/mol. The van der Waals surface area contributed by atoms with Crippen molar-refractivity contribution in [2.45, 2.75) is 51.8 Å². The van der Waals surface area contributed by atoms with Gasteiger partial charge in [0.15, 0.2) is 6.23 Å². The first-order valence-electron chi connectivity index (χ1n) is 6.00. The summed E-state index contributed by atoms with van der Waals surface area (Å²) in [4.78, 5) is 14.4. The number of cyclic esters (lactones) is 1. The van der Waals surface area contributed by atoms with E-state index in [0.717, 1.165) is 19.4 Å². The van der Waals surface area contributed by atoms with E-state index in [1.807, 2.05) is 6.08 Å². The van der Waals surface area contributed by atoms with Crippen LogP contribution in [-0.2, 0) is 9.53 Å². The number of carbonyl (C=O) groups excluding carboxylic acids is 1. The van der Waals surface area contributed by atoms with Crippen LogP contribution in [0.3, 0.4) is 0 Å². The van der Waals surface area contributed by atoms with Crippen molar-refractivity contribution in [2.75, 3.05) is 6.54 Å². The second-order valence-electron chi connectivity index (χ2n) is 5.95. The van der Waals surface area contributed by atoms with E-state index in [-0.39, 0.29) is 17.6 Å². The number of rotatable bonds is 2. The highest BCUT2D eigenvalue weighted by Gasteiger charge is 2.59. The fraction of sp³-hybridized carbons (Fsp3) is 0.769. The van der Waals surface area contributed by atoms with Crippen LogP contribution in [0.1, 0.15) is 40.0 Å². The summed E-state index contributed by atoms with van der Waals surface area (Å²) in [5.41, 5.74) is -0.428. The number of hydrogen-bond donors (Lipinski definition) is 0. The molecule has 0 N–H and O–H groups in total. The molecule has 0 aromatic rings. The summed E-state index contributed by atoms with van der Waals surface area (Å²) in [7, 11) is 0. The number of hydrogen-bond acceptors (Lipinski definition) is 3. The summed E-state index contributed by atoms with van der Waals surface area (Å²) in [5.74, 6) is -0.0511. The molecular weight excluding hydrogens is 202 g/mol. The number of nitrogens with zero attached hydrogens (tertiary/aromatic N) is 1. The molecule has 16 heavy (non-hydrogen) atoms. The maximum absolute atomic E-state index is 12.1.